The van der Waals surface area contributed by atoms with E-state index in [1.54, 1.807) is 0 Å². The summed E-state index contributed by atoms with van der Waals surface area (Å²) in [5.74, 6) is 1.34. The molecule has 0 aliphatic heterocycles. The Morgan fingerprint density at radius 3 is 2.47 bits per heavy atom. The molecule has 0 amide bonds. The van der Waals surface area contributed by atoms with E-state index in [4.69, 9.17) is 4.42 Å². The molecule has 0 fully saturated rings. The second-order valence-corrected chi connectivity index (χ2v) is 5.51. The second kappa shape index (κ2) is 5.76. The van der Waals surface area contributed by atoms with Gasteiger partial charge in [-0.1, -0.05) is 32.0 Å². The van der Waals surface area contributed by atoms with Gasteiger partial charge in [0.25, 0.3) is 0 Å². The molecule has 0 saturated heterocycles. The summed E-state index contributed by atoms with van der Waals surface area (Å²) in [7, 11) is 0. The lowest BCUT2D eigenvalue weighted by Gasteiger charge is -2.24. The van der Waals surface area contributed by atoms with Crippen molar-refractivity contribution in [1.29, 1.82) is 0 Å². The number of rotatable bonds is 5. The predicted molar refractivity (Wildman–Crippen MR) is 78.2 cm³/mol. The Kier molecular flexibility index (Phi) is 4.27. The number of aliphatic hydroxyl groups is 1. The van der Waals surface area contributed by atoms with E-state index in [0.717, 1.165) is 16.7 Å². The lowest BCUT2D eigenvalue weighted by molar-refractivity contribution is 0.197. The van der Waals surface area contributed by atoms with Crippen LogP contribution in [0.4, 0.5) is 0 Å². The maximum absolute atomic E-state index is 9.41. The predicted octanol–water partition coefficient (Wildman–Crippen LogP) is 3.41. The highest BCUT2D eigenvalue weighted by molar-refractivity contribution is 5.82. The molecule has 2 atom stereocenters. The molecule has 3 heteroatoms. The van der Waals surface area contributed by atoms with E-state index in [9.17, 15) is 5.11 Å². The van der Waals surface area contributed by atoms with E-state index >= 15 is 0 Å². The third kappa shape index (κ3) is 2.82. The lowest BCUT2D eigenvalue weighted by atomic mass is 10.0. The first kappa shape index (κ1) is 14.1. The summed E-state index contributed by atoms with van der Waals surface area (Å²) in [5, 5.41) is 14.0. The summed E-state index contributed by atoms with van der Waals surface area (Å²) < 4.78 is 5.94. The molecule has 2 unspecified atom stereocenters. The average Bonchev–Trinajstić information content (AvgIpc) is 2.73. The number of fused-ring (bicyclic) bond motifs is 1. The first-order valence-electron chi connectivity index (χ1n) is 6.89. The van der Waals surface area contributed by atoms with Crippen molar-refractivity contribution in [1.82, 2.24) is 5.32 Å². The van der Waals surface area contributed by atoms with Crippen LogP contribution in [0.1, 0.15) is 38.1 Å². The number of aliphatic hydroxyl groups excluding tert-OH is 1. The van der Waals surface area contributed by atoms with Gasteiger partial charge in [-0.05, 0) is 31.4 Å². The molecule has 19 heavy (non-hydrogen) atoms. The molecule has 0 radical (unpaired) electrons. The van der Waals surface area contributed by atoms with Crippen molar-refractivity contribution in [2.24, 2.45) is 5.92 Å². The lowest BCUT2D eigenvalue weighted by Crippen LogP contribution is -2.38. The van der Waals surface area contributed by atoms with E-state index in [1.165, 1.54) is 5.56 Å². The fourth-order valence-corrected chi connectivity index (χ4v) is 2.46. The standard InChI is InChI=1S/C16H23NO2/c1-10(2)14(9-18)17-12(4)16-11(3)13-7-5-6-8-15(13)19-16/h5-8,10,12,14,17-18H,9H2,1-4H3. The van der Waals surface area contributed by atoms with E-state index in [2.05, 4.69) is 39.1 Å². The molecule has 2 N–H and O–H groups in total. The topological polar surface area (TPSA) is 45.4 Å². The van der Waals surface area contributed by atoms with Crippen molar-refractivity contribution in [3.05, 3.63) is 35.6 Å². The van der Waals surface area contributed by atoms with Gasteiger partial charge in [-0.2, -0.15) is 0 Å². The monoisotopic (exact) mass is 261 g/mol. The van der Waals surface area contributed by atoms with Crippen LogP contribution in [0.15, 0.2) is 28.7 Å². The molecule has 0 aliphatic rings. The van der Waals surface area contributed by atoms with Crippen LogP contribution in [0.3, 0.4) is 0 Å². The van der Waals surface area contributed by atoms with Gasteiger partial charge in [-0.25, -0.2) is 0 Å². The number of nitrogens with one attached hydrogen (secondary N) is 1. The van der Waals surface area contributed by atoms with Gasteiger partial charge >= 0.3 is 0 Å². The molecule has 1 aromatic carbocycles. The van der Waals surface area contributed by atoms with Crippen molar-refractivity contribution in [2.75, 3.05) is 6.61 Å². The Balaban J connectivity index is 2.26. The highest BCUT2D eigenvalue weighted by atomic mass is 16.3. The smallest absolute Gasteiger partial charge is 0.134 e. The Morgan fingerprint density at radius 1 is 1.21 bits per heavy atom. The zero-order chi connectivity index (χ0) is 14.0. The molecule has 3 nitrogen and oxygen atoms in total. The molecule has 2 rings (SSSR count). The maximum Gasteiger partial charge on any atom is 0.134 e. The number of benzene rings is 1. The highest BCUT2D eigenvalue weighted by Gasteiger charge is 2.20. The minimum Gasteiger partial charge on any atom is -0.459 e. The normalized spacial score (nSPS) is 15.1. The minimum absolute atomic E-state index is 0.0858. The van der Waals surface area contributed by atoms with Crippen LogP contribution in [-0.4, -0.2) is 17.8 Å². The minimum atomic E-state index is 0.0858. The number of hydrogen-bond donors (Lipinski definition) is 2. The molecule has 0 spiro atoms. The van der Waals surface area contributed by atoms with Crippen LogP contribution in [-0.2, 0) is 0 Å². The molecule has 0 aliphatic carbocycles. The zero-order valence-electron chi connectivity index (χ0n) is 12.1. The fourth-order valence-electron chi connectivity index (χ4n) is 2.46. The summed E-state index contributed by atoms with van der Waals surface area (Å²) in [5.41, 5.74) is 2.10. The third-order valence-corrected chi connectivity index (χ3v) is 3.74. The van der Waals surface area contributed by atoms with Crippen LogP contribution in [0, 0.1) is 12.8 Å². The Morgan fingerprint density at radius 2 is 1.89 bits per heavy atom. The van der Waals surface area contributed by atoms with Gasteiger partial charge in [0.2, 0.25) is 0 Å². The van der Waals surface area contributed by atoms with E-state index in [0.29, 0.717) is 5.92 Å². The first-order valence-corrected chi connectivity index (χ1v) is 6.89. The van der Waals surface area contributed by atoms with Crippen molar-refractivity contribution in [2.45, 2.75) is 39.8 Å². The van der Waals surface area contributed by atoms with Crippen LogP contribution < -0.4 is 5.32 Å². The number of para-hydroxylation sites is 1. The number of aryl methyl sites for hydroxylation is 1. The number of furan rings is 1. The van der Waals surface area contributed by atoms with Gasteiger partial charge in [0, 0.05) is 11.4 Å². The summed E-state index contributed by atoms with van der Waals surface area (Å²) >= 11 is 0. The van der Waals surface area contributed by atoms with Crippen LogP contribution in [0.5, 0.6) is 0 Å². The van der Waals surface area contributed by atoms with Gasteiger partial charge in [0.05, 0.1) is 12.6 Å². The molecule has 0 bridgehead atoms. The zero-order valence-corrected chi connectivity index (χ0v) is 12.1. The molecule has 1 heterocycles. The van der Waals surface area contributed by atoms with E-state index < -0.39 is 0 Å². The molecule has 1 aromatic heterocycles. The van der Waals surface area contributed by atoms with Crippen molar-refractivity contribution in [3.63, 3.8) is 0 Å². The van der Waals surface area contributed by atoms with Crippen molar-refractivity contribution < 1.29 is 9.52 Å². The summed E-state index contributed by atoms with van der Waals surface area (Å²) in [4.78, 5) is 0. The summed E-state index contributed by atoms with van der Waals surface area (Å²) in [6.07, 6.45) is 0. The van der Waals surface area contributed by atoms with E-state index in [1.807, 2.05) is 18.2 Å². The van der Waals surface area contributed by atoms with Crippen molar-refractivity contribution in [3.8, 4) is 0 Å². The molecular weight excluding hydrogens is 238 g/mol. The summed E-state index contributed by atoms with van der Waals surface area (Å²) in [6.45, 7) is 8.51. The Labute approximate surface area is 114 Å². The molecule has 0 saturated carbocycles. The molecule has 104 valence electrons. The maximum atomic E-state index is 9.41. The molecule has 2 aromatic rings. The van der Waals surface area contributed by atoms with Crippen LogP contribution >= 0.6 is 0 Å². The quantitative estimate of drug-likeness (QED) is 0.867. The van der Waals surface area contributed by atoms with Gasteiger partial charge < -0.3 is 14.8 Å². The van der Waals surface area contributed by atoms with Gasteiger partial charge in [0.15, 0.2) is 0 Å². The Hall–Kier alpha value is -1.32. The van der Waals surface area contributed by atoms with Crippen LogP contribution in [0.2, 0.25) is 0 Å². The third-order valence-electron chi connectivity index (χ3n) is 3.74. The summed E-state index contributed by atoms with van der Waals surface area (Å²) in [6, 6.07) is 8.25. The van der Waals surface area contributed by atoms with Crippen molar-refractivity contribution >= 4 is 11.0 Å². The second-order valence-electron chi connectivity index (χ2n) is 5.51. The first-order chi connectivity index (χ1) is 9.04. The number of hydrogen-bond acceptors (Lipinski definition) is 3. The van der Waals surface area contributed by atoms with Crippen LogP contribution in [0.25, 0.3) is 11.0 Å². The Bertz CT molecular complexity index is 545. The average molecular weight is 261 g/mol. The SMILES string of the molecule is Cc1c(C(C)NC(CO)C(C)C)oc2ccccc12. The fraction of sp³-hybridized carbons (Fsp3) is 0.500. The largest absolute Gasteiger partial charge is 0.459 e. The highest BCUT2D eigenvalue weighted by Crippen LogP contribution is 2.29. The molecular formula is C16H23NO2. The van der Waals surface area contributed by atoms with Gasteiger partial charge in [-0.3, -0.25) is 0 Å². The van der Waals surface area contributed by atoms with Gasteiger partial charge in [-0.15, -0.1) is 0 Å². The van der Waals surface area contributed by atoms with E-state index in [-0.39, 0.29) is 18.7 Å². The van der Waals surface area contributed by atoms with Gasteiger partial charge in [0.1, 0.15) is 11.3 Å².